The van der Waals surface area contributed by atoms with Crippen LogP contribution in [0, 0.1) is 5.82 Å². The summed E-state index contributed by atoms with van der Waals surface area (Å²) < 4.78 is 69.0. The molecule has 0 saturated heterocycles. The molecule has 13 heteroatoms. The molecule has 0 heterocycles. The highest BCUT2D eigenvalue weighted by molar-refractivity contribution is 7.93. The minimum Gasteiger partial charge on any atom is -0.277 e. The van der Waals surface area contributed by atoms with Crippen molar-refractivity contribution in [2.24, 2.45) is 0 Å². The molecule has 0 spiro atoms. The third-order valence-corrected chi connectivity index (χ3v) is 8.08. The average molecular weight is 544 g/mol. The van der Waals surface area contributed by atoms with E-state index in [1.54, 1.807) is 0 Å². The third-order valence-electron chi connectivity index (χ3n) is 3.87. The van der Waals surface area contributed by atoms with Gasteiger partial charge in [-0.2, -0.15) is 0 Å². The maximum absolute atomic E-state index is 13.8. The van der Waals surface area contributed by atoms with Gasteiger partial charge in [-0.25, -0.2) is 21.2 Å². The Kier molecular flexibility index (Phi) is 6.95. The molecule has 0 atom stereocenters. The quantitative estimate of drug-likeness (QED) is 0.396. The van der Waals surface area contributed by atoms with Crippen molar-refractivity contribution in [2.45, 2.75) is 9.79 Å². The number of nitrogens with one attached hydrogen (secondary N) is 2. The molecular formula is C18H11Cl4FN2O4S2. The van der Waals surface area contributed by atoms with E-state index in [-0.39, 0.29) is 41.3 Å². The number of rotatable bonds is 6. The first-order valence-electron chi connectivity index (χ1n) is 8.14. The Morgan fingerprint density at radius 3 is 1.48 bits per heavy atom. The Morgan fingerprint density at radius 1 is 0.581 bits per heavy atom. The van der Waals surface area contributed by atoms with Crippen LogP contribution in [0.25, 0.3) is 0 Å². The summed E-state index contributed by atoms with van der Waals surface area (Å²) in [6.07, 6.45) is 0. The van der Waals surface area contributed by atoms with Gasteiger partial charge in [-0.05, 0) is 48.5 Å². The zero-order valence-electron chi connectivity index (χ0n) is 15.0. The van der Waals surface area contributed by atoms with E-state index in [1.165, 1.54) is 24.3 Å². The highest BCUT2D eigenvalue weighted by Crippen LogP contribution is 2.31. The van der Waals surface area contributed by atoms with Crippen LogP contribution in [0.1, 0.15) is 0 Å². The van der Waals surface area contributed by atoms with Crippen LogP contribution < -0.4 is 9.44 Å². The summed E-state index contributed by atoms with van der Waals surface area (Å²) >= 11 is 23.3. The van der Waals surface area contributed by atoms with Crippen LogP contribution in [0.2, 0.25) is 20.1 Å². The molecule has 0 aliphatic heterocycles. The Morgan fingerprint density at radius 2 is 1.03 bits per heavy atom. The fourth-order valence-corrected chi connectivity index (χ4v) is 5.31. The van der Waals surface area contributed by atoms with Crippen molar-refractivity contribution < 1.29 is 21.2 Å². The first-order chi connectivity index (χ1) is 14.4. The molecule has 6 nitrogen and oxygen atoms in total. The minimum atomic E-state index is -4.26. The molecule has 164 valence electrons. The summed E-state index contributed by atoms with van der Waals surface area (Å²) in [5, 5.41) is 0.285. The molecule has 0 aliphatic carbocycles. The molecule has 3 aromatic rings. The Balaban J connectivity index is 1.99. The second kappa shape index (κ2) is 9.01. The number of hydrogen-bond donors (Lipinski definition) is 2. The average Bonchev–Trinajstić information content (AvgIpc) is 2.67. The van der Waals surface area contributed by atoms with Crippen LogP contribution in [-0.2, 0) is 20.0 Å². The van der Waals surface area contributed by atoms with Gasteiger partial charge in [0.2, 0.25) is 0 Å². The molecule has 0 fully saturated rings. The first kappa shape index (κ1) is 23.9. The third kappa shape index (κ3) is 5.54. The molecule has 0 aromatic heterocycles. The normalized spacial score (nSPS) is 11.9. The van der Waals surface area contributed by atoms with E-state index in [0.29, 0.717) is 0 Å². The van der Waals surface area contributed by atoms with Crippen LogP contribution in [-0.4, -0.2) is 16.8 Å². The van der Waals surface area contributed by atoms with E-state index in [2.05, 4.69) is 9.44 Å². The molecule has 0 saturated carbocycles. The molecular weight excluding hydrogens is 533 g/mol. The largest absolute Gasteiger partial charge is 0.277 e. The van der Waals surface area contributed by atoms with E-state index in [1.807, 2.05) is 0 Å². The summed E-state index contributed by atoms with van der Waals surface area (Å²) in [6.45, 7) is 0. The van der Waals surface area contributed by atoms with Crippen molar-refractivity contribution in [3.05, 3.63) is 80.5 Å². The van der Waals surface area contributed by atoms with Crippen molar-refractivity contribution >= 4 is 77.8 Å². The highest BCUT2D eigenvalue weighted by atomic mass is 35.5. The van der Waals surface area contributed by atoms with Crippen molar-refractivity contribution in [1.29, 1.82) is 0 Å². The van der Waals surface area contributed by atoms with Gasteiger partial charge in [0.1, 0.15) is 5.82 Å². The van der Waals surface area contributed by atoms with E-state index in [0.717, 1.165) is 30.3 Å². The molecule has 3 aromatic carbocycles. The van der Waals surface area contributed by atoms with Crippen LogP contribution >= 0.6 is 46.4 Å². The Bertz CT molecular complexity index is 1380. The summed E-state index contributed by atoms with van der Waals surface area (Å²) in [6, 6.07) is 10.0. The fraction of sp³-hybridized carbons (Fsp3) is 0. The predicted octanol–water partition coefficient (Wildman–Crippen LogP) is 6.04. The van der Waals surface area contributed by atoms with E-state index >= 15 is 0 Å². The predicted molar refractivity (Wildman–Crippen MR) is 121 cm³/mol. The lowest BCUT2D eigenvalue weighted by molar-refractivity contribution is 0.598. The zero-order valence-corrected chi connectivity index (χ0v) is 19.7. The van der Waals surface area contributed by atoms with Crippen molar-refractivity contribution in [2.75, 3.05) is 9.44 Å². The van der Waals surface area contributed by atoms with Gasteiger partial charge in [-0.1, -0.05) is 46.4 Å². The summed E-state index contributed by atoms with van der Waals surface area (Å²) in [5.41, 5.74) is -0.578. The topological polar surface area (TPSA) is 92.3 Å². The second-order valence-electron chi connectivity index (χ2n) is 6.05. The van der Waals surface area contributed by atoms with Gasteiger partial charge in [-0.3, -0.25) is 9.44 Å². The lowest BCUT2D eigenvalue weighted by Crippen LogP contribution is -2.18. The van der Waals surface area contributed by atoms with Crippen LogP contribution in [0.15, 0.2) is 64.4 Å². The number of benzene rings is 3. The van der Waals surface area contributed by atoms with Gasteiger partial charge in [0.25, 0.3) is 20.0 Å². The number of anilines is 2. The number of sulfonamides is 2. The summed E-state index contributed by atoms with van der Waals surface area (Å²) in [4.78, 5) is -0.492. The van der Waals surface area contributed by atoms with E-state index < -0.39 is 25.9 Å². The van der Waals surface area contributed by atoms with Crippen LogP contribution in [0.4, 0.5) is 15.8 Å². The van der Waals surface area contributed by atoms with E-state index in [4.69, 9.17) is 46.4 Å². The molecule has 0 unspecified atom stereocenters. The van der Waals surface area contributed by atoms with Crippen molar-refractivity contribution in [3.8, 4) is 0 Å². The summed E-state index contributed by atoms with van der Waals surface area (Å²) in [7, 11) is -8.47. The van der Waals surface area contributed by atoms with Gasteiger partial charge in [0.15, 0.2) is 0 Å². The molecule has 0 aliphatic rings. The smallest absolute Gasteiger partial charge is 0.262 e. The molecule has 3 rings (SSSR count). The lowest BCUT2D eigenvalue weighted by Gasteiger charge is -2.15. The Hall–Kier alpha value is -1.75. The summed E-state index contributed by atoms with van der Waals surface area (Å²) in [5.74, 6) is -0.802. The van der Waals surface area contributed by atoms with E-state index in [9.17, 15) is 21.2 Å². The van der Waals surface area contributed by atoms with Crippen LogP contribution in [0.3, 0.4) is 0 Å². The monoisotopic (exact) mass is 542 g/mol. The molecule has 31 heavy (non-hydrogen) atoms. The SMILES string of the molecule is O=S(=O)(Nc1ccc(F)cc1NS(=O)(=O)c1ccc(Cl)c(Cl)c1)c1ccc(Cl)c(Cl)c1. The molecule has 2 N–H and O–H groups in total. The van der Waals surface area contributed by atoms with Gasteiger partial charge in [0.05, 0.1) is 41.3 Å². The maximum atomic E-state index is 13.8. The zero-order chi connectivity index (χ0) is 23.0. The first-order valence-corrected chi connectivity index (χ1v) is 12.6. The number of halogens is 5. The molecule has 0 amide bonds. The van der Waals surface area contributed by atoms with Gasteiger partial charge in [-0.15, -0.1) is 0 Å². The Labute approximate surface area is 198 Å². The number of hydrogen-bond acceptors (Lipinski definition) is 4. The van der Waals surface area contributed by atoms with Gasteiger partial charge < -0.3 is 0 Å². The fourth-order valence-electron chi connectivity index (χ4n) is 2.39. The standard InChI is InChI=1S/C18H11Cl4FN2O4S2/c19-13-4-2-11(8-15(13)21)30(26,27)24-17-6-1-10(23)7-18(17)25-31(28,29)12-3-5-14(20)16(22)9-12/h1-9,24-25H. The maximum Gasteiger partial charge on any atom is 0.262 e. The highest BCUT2D eigenvalue weighted by Gasteiger charge is 2.21. The second-order valence-corrected chi connectivity index (χ2v) is 11.0. The van der Waals surface area contributed by atoms with Crippen LogP contribution in [0.5, 0.6) is 0 Å². The molecule has 0 bridgehead atoms. The lowest BCUT2D eigenvalue weighted by atomic mass is 10.3. The van der Waals surface area contributed by atoms with Gasteiger partial charge >= 0.3 is 0 Å². The van der Waals surface area contributed by atoms with Crippen molar-refractivity contribution in [1.82, 2.24) is 0 Å². The minimum absolute atomic E-state index is 0.00388. The molecule has 0 radical (unpaired) electrons. The van der Waals surface area contributed by atoms with Gasteiger partial charge in [0, 0.05) is 6.07 Å². The van der Waals surface area contributed by atoms with Crippen molar-refractivity contribution in [3.63, 3.8) is 0 Å².